The summed E-state index contributed by atoms with van der Waals surface area (Å²) in [5, 5.41) is 0.568. The van der Waals surface area contributed by atoms with Gasteiger partial charge in [0.1, 0.15) is 17.7 Å². The first kappa shape index (κ1) is 16.8. The first-order valence-electron chi connectivity index (χ1n) is 6.82. The maximum absolute atomic E-state index is 13.9. The lowest BCUT2D eigenvalue weighted by Gasteiger charge is -2.24. The molecule has 116 valence electrons. The Balaban J connectivity index is 0.00000176. The molecule has 1 unspecified atom stereocenters. The summed E-state index contributed by atoms with van der Waals surface area (Å²) in [5.41, 5.74) is 7.73. The molecule has 1 atom stereocenters. The van der Waals surface area contributed by atoms with Crippen LogP contribution in [0.5, 0.6) is 5.75 Å². The van der Waals surface area contributed by atoms with Crippen molar-refractivity contribution in [3.05, 3.63) is 58.9 Å². The zero-order valence-corrected chi connectivity index (χ0v) is 13.3. The van der Waals surface area contributed by atoms with Crippen LogP contribution < -0.4 is 10.5 Å². The van der Waals surface area contributed by atoms with Gasteiger partial charge in [0.2, 0.25) is 0 Å². The highest BCUT2D eigenvalue weighted by Gasteiger charge is 2.20. The second kappa shape index (κ2) is 7.14. The number of fused-ring (bicyclic) bond motifs is 1. The van der Waals surface area contributed by atoms with Gasteiger partial charge in [-0.05, 0) is 30.8 Å². The lowest BCUT2D eigenvalue weighted by molar-refractivity contribution is 0.238. The summed E-state index contributed by atoms with van der Waals surface area (Å²) in [5.74, 6) is 0.347. The van der Waals surface area contributed by atoms with Crippen LogP contribution in [-0.4, -0.2) is 12.6 Å². The van der Waals surface area contributed by atoms with E-state index in [2.05, 4.69) is 0 Å². The zero-order valence-electron chi connectivity index (χ0n) is 11.8. The molecule has 0 radical (unpaired) electrons. The van der Waals surface area contributed by atoms with Gasteiger partial charge >= 0.3 is 0 Å². The highest BCUT2D eigenvalue weighted by atomic mass is 35.5. The predicted octanol–water partition coefficient (Wildman–Crippen LogP) is 4.69. The summed E-state index contributed by atoms with van der Waals surface area (Å²) in [6, 6.07) is 10.3. The third-order valence-electron chi connectivity index (χ3n) is 3.46. The highest BCUT2D eigenvalue weighted by Crippen LogP contribution is 2.40. The Labute approximate surface area is 140 Å². The van der Waals surface area contributed by atoms with Gasteiger partial charge in [0.15, 0.2) is 0 Å². The maximum Gasteiger partial charge on any atom is 0.135 e. The van der Waals surface area contributed by atoms with E-state index in [0.717, 1.165) is 17.5 Å². The Morgan fingerprint density at radius 2 is 1.95 bits per heavy atom. The Bertz CT molecular complexity index is 703. The molecule has 2 N–H and O–H groups in total. The molecule has 0 saturated carbocycles. The number of hydrogen-bond acceptors (Lipinski definition) is 2. The van der Waals surface area contributed by atoms with Crippen molar-refractivity contribution in [2.75, 3.05) is 6.54 Å². The SMILES string of the molecule is Cl.NCCC1C=Cc2cc(F)cc(-c3ccccc3Cl)c2O1. The molecular formula is C17H16Cl2FNO. The van der Waals surface area contributed by atoms with Crippen LogP contribution in [0.25, 0.3) is 17.2 Å². The molecule has 2 nitrogen and oxygen atoms in total. The monoisotopic (exact) mass is 339 g/mol. The average molecular weight is 340 g/mol. The van der Waals surface area contributed by atoms with E-state index in [1.54, 1.807) is 6.07 Å². The van der Waals surface area contributed by atoms with Crippen molar-refractivity contribution >= 4 is 30.1 Å². The van der Waals surface area contributed by atoms with Gasteiger partial charge in [0, 0.05) is 28.1 Å². The predicted molar refractivity (Wildman–Crippen MR) is 91.2 cm³/mol. The Morgan fingerprint density at radius 1 is 1.18 bits per heavy atom. The van der Waals surface area contributed by atoms with E-state index in [0.29, 0.717) is 22.9 Å². The quantitative estimate of drug-likeness (QED) is 0.880. The second-order valence-corrected chi connectivity index (χ2v) is 5.35. The molecule has 5 heteroatoms. The standard InChI is InChI=1S/C17H15ClFNO.ClH/c18-16-4-2-1-3-14(16)15-10-12(19)9-11-5-6-13(7-8-20)21-17(11)15;/h1-6,9-10,13H,7-8,20H2;1H. The van der Waals surface area contributed by atoms with E-state index in [4.69, 9.17) is 22.1 Å². The molecule has 1 aliphatic heterocycles. The van der Waals surface area contributed by atoms with Gasteiger partial charge in [-0.1, -0.05) is 35.9 Å². The molecule has 0 aliphatic carbocycles. The molecule has 0 aromatic heterocycles. The molecule has 0 saturated heterocycles. The topological polar surface area (TPSA) is 35.2 Å². The number of ether oxygens (including phenoxy) is 1. The molecule has 1 heterocycles. The van der Waals surface area contributed by atoms with E-state index in [1.807, 2.05) is 30.4 Å². The fourth-order valence-electron chi connectivity index (χ4n) is 2.47. The van der Waals surface area contributed by atoms with Crippen molar-refractivity contribution in [2.45, 2.75) is 12.5 Å². The number of nitrogens with two attached hydrogens (primary N) is 1. The van der Waals surface area contributed by atoms with Crippen LogP contribution in [0.1, 0.15) is 12.0 Å². The van der Waals surface area contributed by atoms with Crippen molar-refractivity contribution < 1.29 is 9.13 Å². The summed E-state index contributed by atoms with van der Waals surface area (Å²) >= 11 is 6.24. The molecule has 0 fully saturated rings. The van der Waals surface area contributed by atoms with Crippen molar-refractivity contribution in [1.82, 2.24) is 0 Å². The minimum atomic E-state index is -0.311. The molecule has 2 aromatic carbocycles. The van der Waals surface area contributed by atoms with Gasteiger partial charge in [-0.3, -0.25) is 0 Å². The van der Waals surface area contributed by atoms with Gasteiger partial charge in [-0.25, -0.2) is 4.39 Å². The van der Waals surface area contributed by atoms with Crippen LogP contribution in [0.15, 0.2) is 42.5 Å². The fraction of sp³-hybridized carbons (Fsp3) is 0.176. The van der Waals surface area contributed by atoms with Crippen LogP contribution >= 0.6 is 24.0 Å². The van der Waals surface area contributed by atoms with E-state index in [-0.39, 0.29) is 24.3 Å². The molecule has 2 aromatic rings. The molecular weight excluding hydrogens is 324 g/mol. The van der Waals surface area contributed by atoms with Crippen molar-refractivity contribution in [2.24, 2.45) is 5.73 Å². The molecule has 1 aliphatic rings. The Hall–Kier alpha value is -1.55. The zero-order chi connectivity index (χ0) is 14.8. The first-order chi connectivity index (χ1) is 10.2. The maximum atomic E-state index is 13.9. The van der Waals surface area contributed by atoms with Crippen molar-refractivity contribution in [3.8, 4) is 16.9 Å². The third-order valence-corrected chi connectivity index (χ3v) is 3.79. The Kier molecular flexibility index (Phi) is 5.46. The van der Waals surface area contributed by atoms with Crippen molar-refractivity contribution in [3.63, 3.8) is 0 Å². The number of hydrogen-bond donors (Lipinski definition) is 1. The summed E-state index contributed by atoms with van der Waals surface area (Å²) in [6.45, 7) is 0.535. The lowest BCUT2D eigenvalue weighted by atomic mass is 9.98. The van der Waals surface area contributed by atoms with E-state index >= 15 is 0 Å². The van der Waals surface area contributed by atoms with Crippen LogP contribution in [-0.2, 0) is 0 Å². The van der Waals surface area contributed by atoms with E-state index in [9.17, 15) is 4.39 Å². The first-order valence-corrected chi connectivity index (χ1v) is 7.20. The minimum absolute atomic E-state index is 0. The Morgan fingerprint density at radius 3 is 2.68 bits per heavy atom. The number of halogens is 3. The second-order valence-electron chi connectivity index (χ2n) is 4.94. The smallest absolute Gasteiger partial charge is 0.135 e. The van der Waals surface area contributed by atoms with Gasteiger partial charge in [-0.15, -0.1) is 12.4 Å². The van der Waals surface area contributed by atoms with Gasteiger partial charge in [-0.2, -0.15) is 0 Å². The summed E-state index contributed by atoms with van der Waals surface area (Å²) < 4.78 is 19.8. The fourth-order valence-corrected chi connectivity index (χ4v) is 2.71. The van der Waals surface area contributed by atoms with E-state index < -0.39 is 0 Å². The van der Waals surface area contributed by atoms with Crippen LogP contribution in [0.3, 0.4) is 0 Å². The van der Waals surface area contributed by atoms with E-state index in [1.165, 1.54) is 12.1 Å². The molecule has 22 heavy (non-hydrogen) atoms. The lowest BCUT2D eigenvalue weighted by Crippen LogP contribution is -2.21. The van der Waals surface area contributed by atoms with Crippen molar-refractivity contribution in [1.29, 1.82) is 0 Å². The largest absolute Gasteiger partial charge is 0.485 e. The normalized spacial score (nSPS) is 15.7. The average Bonchev–Trinajstić information content (AvgIpc) is 2.48. The molecule has 3 rings (SSSR count). The minimum Gasteiger partial charge on any atom is -0.485 e. The number of rotatable bonds is 3. The molecule has 0 bridgehead atoms. The van der Waals surface area contributed by atoms with Crippen LogP contribution in [0.4, 0.5) is 4.39 Å². The molecule has 0 amide bonds. The van der Waals surface area contributed by atoms with Crippen LogP contribution in [0, 0.1) is 5.82 Å². The summed E-state index contributed by atoms with van der Waals surface area (Å²) in [7, 11) is 0. The van der Waals surface area contributed by atoms with Crippen LogP contribution in [0.2, 0.25) is 5.02 Å². The highest BCUT2D eigenvalue weighted by molar-refractivity contribution is 6.33. The summed E-state index contributed by atoms with van der Waals surface area (Å²) in [6.07, 6.45) is 4.41. The molecule has 0 spiro atoms. The third kappa shape index (κ3) is 3.27. The van der Waals surface area contributed by atoms with Gasteiger partial charge in [0.25, 0.3) is 0 Å². The van der Waals surface area contributed by atoms with Gasteiger partial charge in [0.05, 0.1) is 0 Å². The summed E-state index contributed by atoms with van der Waals surface area (Å²) in [4.78, 5) is 0. The van der Waals surface area contributed by atoms with Gasteiger partial charge < -0.3 is 10.5 Å². The number of benzene rings is 2.